The van der Waals surface area contributed by atoms with Crippen LogP contribution in [0.15, 0.2) is 60.9 Å². The number of hydrogen-bond donors (Lipinski definition) is 3. The predicted molar refractivity (Wildman–Crippen MR) is 128 cm³/mol. The highest BCUT2D eigenvalue weighted by Gasteiger charge is 2.25. The smallest absolute Gasteiger partial charge is 0.255 e. The monoisotopic (exact) mass is 459 g/mol. The van der Waals surface area contributed by atoms with E-state index in [4.69, 9.17) is 14.2 Å². The summed E-state index contributed by atoms with van der Waals surface area (Å²) in [4.78, 5) is 20.8. The molecule has 174 valence electrons. The maximum absolute atomic E-state index is 13.4. The van der Waals surface area contributed by atoms with Crippen LogP contribution in [0.3, 0.4) is 0 Å². The third kappa shape index (κ3) is 4.27. The molecule has 2 aromatic heterocycles. The first-order valence-electron chi connectivity index (χ1n) is 11.1. The van der Waals surface area contributed by atoms with E-state index >= 15 is 0 Å². The van der Waals surface area contributed by atoms with Crippen LogP contribution in [0.4, 0.5) is 0 Å². The summed E-state index contributed by atoms with van der Waals surface area (Å²) in [7, 11) is 1.56. The Labute approximate surface area is 196 Å². The van der Waals surface area contributed by atoms with Crippen molar-refractivity contribution in [2.45, 2.75) is 12.5 Å². The van der Waals surface area contributed by atoms with E-state index in [2.05, 4.69) is 15.3 Å². The van der Waals surface area contributed by atoms with Gasteiger partial charge in [0.1, 0.15) is 13.2 Å². The Morgan fingerprint density at radius 1 is 1.18 bits per heavy atom. The van der Waals surface area contributed by atoms with Crippen molar-refractivity contribution in [3.05, 3.63) is 72.1 Å². The van der Waals surface area contributed by atoms with Crippen LogP contribution in [0.1, 0.15) is 15.9 Å². The molecule has 0 bridgehead atoms. The number of benzene rings is 2. The number of aromatic amines is 1. The second kappa shape index (κ2) is 9.44. The molecule has 34 heavy (non-hydrogen) atoms. The standard InChI is InChI=1S/C26H25N3O5/c1-32-24-7-6-16(13-28-24)17-11-21(25-23(12-17)33-8-9-34-25)26(31)29-19(15-30)10-18-14-27-22-5-3-2-4-20(18)22/h2-7,11-14,19,27,30H,8-10,15H2,1H3,(H,29,31)/t19-/m1/s1. The highest BCUT2D eigenvalue weighted by molar-refractivity contribution is 5.99. The zero-order chi connectivity index (χ0) is 23.5. The Bertz CT molecular complexity index is 1320. The van der Waals surface area contributed by atoms with Gasteiger partial charge in [-0.05, 0) is 41.8 Å². The molecule has 1 aliphatic heterocycles. The molecule has 8 heteroatoms. The molecule has 0 unspecified atom stereocenters. The van der Waals surface area contributed by atoms with Gasteiger partial charge in [-0.1, -0.05) is 18.2 Å². The minimum atomic E-state index is -0.474. The molecule has 2 aromatic carbocycles. The molecule has 1 aliphatic rings. The molecule has 0 fully saturated rings. The number of pyridine rings is 1. The van der Waals surface area contributed by atoms with Gasteiger partial charge in [0.25, 0.3) is 5.91 Å². The molecular formula is C26H25N3O5. The number of carbonyl (C=O) groups is 1. The van der Waals surface area contributed by atoms with Crippen molar-refractivity contribution in [1.29, 1.82) is 0 Å². The van der Waals surface area contributed by atoms with Crippen LogP contribution in [0.25, 0.3) is 22.0 Å². The average Bonchev–Trinajstić information content (AvgIpc) is 3.30. The SMILES string of the molecule is COc1ccc(-c2cc3c(c(C(=O)N[C@@H](CO)Cc4c[nH]c5ccccc45)c2)OCCO3)cn1. The van der Waals surface area contributed by atoms with Gasteiger partial charge < -0.3 is 29.6 Å². The molecule has 5 rings (SSSR count). The molecule has 4 aromatic rings. The minimum absolute atomic E-state index is 0.202. The van der Waals surface area contributed by atoms with E-state index in [1.54, 1.807) is 25.4 Å². The number of para-hydroxylation sites is 1. The maximum atomic E-state index is 13.4. The van der Waals surface area contributed by atoms with Crippen LogP contribution in [-0.2, 0) is 6.42 Å². The number of aliphatic hydroxyl groups excluding tert-OH is 1. The lowest BCUT2D eigenvalue weighted by Gasteiger charge is -2.23. The first-order valence-corrected chi connectivity index (χ1v) is 11.1. The van der Waals surface area contributed by atoms with E-state index in [9.17, 15) is 9.90 Å². The summed E-state index contributed by atoms with van der Waals surface area (Å²) >= 11 is 0. The Morgan fingerprint density at radius 2 is 2.03 bits per heavy atom. The van der Waals surface area contributed by atoms with Crippen molar-refractivity contribution < 1.29 is 24.1 Å². The van der Waals surface area contributed by atoms with Gasteiger partial charge in [0.05, 0.1) is 25.3 Å². The van der Waals surface area contributed by atoms with Gasteiger partial charge in [-0.2, -0.15) is 0 Å². The van der Waals surface area contributed by atoms with Crippen LogP contribution < -0.4 is 19.5 Å². The van der Waals surface area contributed by atoms with Crippen molar-refractivity contribution in [3.63, 3.8) is 0 Å². The molecule has 1 atom stereocenters. The summed E-state index contributed by atoms with van der Waals surface area (Å²) in [5.74, 6) is 1.06. The Hall–Kier alpha value is -4.04. The fourth-order valence-corrected chi connectivity index (χ4v) is 4.15. The summed E-state index contributed by atoms with van der Waals surface area (Å²) in [5.41, 5.74) is 3.96. The normalized spacial score (nSPS) is 13.5. The van der Waals surface area contributed by atoms with Gasteiger partial charge in [-0.15, -0.1) is 0 Å². The summed E-state index contributed by atoms with van der Waals surface area (Å²) < 4.78 is 16.7. The average molecular weight is 460 g/mol. The Kier molecular flexibility index (Phi) is 6.05. The number of aromatic nitrogens is 2. The number of hydrogen-bond acceptors (Lipinski definition) is 6. The molecule has 3 heterocycles. The van der Waals surface area contributed by atoms with Gasteiger partial charge in [-0.25, -0.2) is 4.98 Å². The zero-order valence-electron chi connectivity index (χ0n) is 18.7. The summed E-state index contributed by atoms with van der Waals surface area (Å²) in [5, 5.41) is 14.0. The Morgan fingerprint density at radius 3 is 2.82 bits per heavy atom. The molecule has 3 N–H and O–H groups in total. The Balaban J connectivity index is 1.43. The number of methoxy groups -OCH3 is 1. The van der Waals surface area contributed by atoms with Crippen molar-refractivity contribution in [3.8, 4) is 28.5 Å². The van der Waals surface area contributed by atoms with Crippen LogP contribution in [0, 0.1) is 0 Å². The number of carbonyl (C=O) groups excluding carboxylic acids is 1. The largest absolute Gasteiger partial charge is 0.486 e. The molecule has 0 saturated heterocycles. The van der Waals surface area contributed by atoms with Crippen LogP contribution in [0.5, 0.6) is 17.4 Å². The van der Waals surface area contributed by atoms with E-state index in [1.807, 2.05) is 42.6 Å². The number of nitrogens with one attached hydrogen (secondary N) is 2. The lowest BCUT2D eigenvalue weighted by Crippen LogP contribution is -2.39. The predicted octanol–water partition coefficient (Wildman–Crippen LogP) is 3.34. The quantitative estimate of drug-likeness (QED) is 0.392. The van der Waals surface area contributed by atoms with Crippen molar-refractivity contribution in [2.24, 2.45) is 0 Å². The van der Waals surface area contributed by atoms with Crippen LogP contribution in [0.2, 0.25) is 0 Å². The van der Waals surface area contributed by atoms with E-state index in [-0.39, 0.29) is 12.5 Å². The van der Waals surface area contributed by atoms with E-state index in [0.717, 1.165) is 27.6 Å². The minimum Gasteiger partial charge on any atom is -0.486 e. The summed E-state index contributed by atoms with van der Waals surface area (Å²) in [6.07, 6.45) is 4.07. The third-order valence-corrected chi connectivity index (χ3v) is 5.86. The lowest BCUT2D eigenvalue weighted by atomic mass is 10.0. The summed E-state index contributed by atoms with van der Waals surface area (Å²) in [6.45, 7) is 0.556. The second-order valence-electron chi connectivity index (χ2n) is 8.05. The molecule has 8 nitrogen and oxygen atoms in total. The van der Waals surface area contributed by atoms with Crippen LogP contribution >= 0.6 is 0 Å². The van der Waals surface area contributed by atoms with Crippen molar-refractivity contribution in [1.82, 2.24) is 15.3 Å². The van der Waals surface area contributed by atoms with Gasteiger partial charge in [0, 0.05) is 34.9 Å². The highest BCUT2D eigenvalue weighted by atomic mass is 16.6. The maximum Gasteiger partial charge on any atom is 0.255 e. The van der Waals surface area contributed by atoms with Gasteiger partial charge in [0.15, 0.2) is 11.5 Å². The number of ether oxygens (including phenoxy) is 3. The fraction of sp³-hybridized carbons (Fsp3) is 0.231. The number of nitrogens with zero attached hydrogens (tertiary/aromatic N) is 1. The number of rotatable bonds is 7. The number of amides is 1. The van der Waals surface area contributed by atoms with Crippen molar-refractivity contribution >= 4 is 16.8 Å². The van der Waals surface area contributed by atoms with Gasteiger partial charge >= 0.3 is 0 Å². The van der Waals surface area contributed by atoms with Crippen molar-refractivity contribution in [2.75, 3.05) is 26.9 Å². The third-order valence-electron chi connectivity index (χ3n) is 5.86. The number of aliphatic hydroxyl groups is 1. The molecule has 0 radical (unpaired) electrons. The molecule has 0 aliphatic carbocycles. The van der Waals surface area contributed by atoms with Gasteiger partial charge in [0.2, 0.25) is 5.88 Å². The first-order chi connectivity index (χ1) is 16.7. The van der Waals surface area contributed by atoms with E-state index < -0.39 is 6.04 Å². The number of fused-ring (bicyclic) bond motifs is 2. The molecule has 0 spiro atoms. The van der Waals surface area contributed by atoms with Crippen LogP contribution in [-0.4, -0.2) is 54.0 Å². The number of H-pyrrole nitrogens is 1. The van der Waals surface area contributed by atoms with E-state index in [1.165, 1.54) is 0 Å². The van der Waals surface area contributed by atoms with Gasteiger partial charge in [-0.3, -0.25) is 4.79 Å². The molecule has 1 amide bonds. The fourth-order valence-electron chi connectivity index (χ4n) is 4.15. The topological polar surface area (TPSA) is 106 Å². The highest BCUT2D eigenvalue weighted by Crippen LogP contribution is 2.38. The molecule has 0 saturated carbocycles. The molecular weight excluding hydrogens is 434 g/mol. The zero-order valence-corrected chi connectivity index (χ0v) is 18.7. The summed E-state index contributed by atoms with van der Waals surface area (Å²) in [6, 6.07) is 14.7. The first kappa shape index (κ1) is 21.8. The van der Waals surface area contributed by atoms with E-state index in [0.29, 0.717) is 42.6 Å². The lowest BCUT2D eigenvalue weighted by molar-refractivity contribution is 0.0906. The second-order valence-corrected chi connectivity index (χ2v) is 8.05.